The maximum atomic E-state index is 5.79. The van der Waals surface area contributed by atoms with Gasteiger partial charge in [-0.2, -0.15) is 0 Å². The molecule has 0 fully saturated rings. The van der Waals surface area contributed by atoms with Crippen molar-refractivity contribution in [3.8, 4) is 22.8 Å². The number of hydrogen-bond acceptors (Lipinski definition) is 3. The number of imidazole rings is 1. The SMILES string of the molecule is CCCCCCCCCCCCn1c(-c2ccccc2)cnc1BCCCC(c1ccccc1OC)c1ccccc1OC. The standard InChI is InChI=1S/C39H53BN2O2/c1-4-5-6-7-8-9-10-11-12-20-30-42-36(32-22-14-13-15-23-32)31-41-39(42)40-29-21-26-33(34-24-16-18-27-37(34)43-2)35-25-17-19-28-38(35)44-3/h13-19,22-25,27-28,31,33,40H,4-12,20-21,26,29-30H2,1-3H3. The summed E-state index contributed by atoms with van der Waals surface area (Å²) in [5.41, 5.74) is 6.15. The van der Waals surface area contributed by atoms with E-state index in [-0.39, 0.29) is 5.92 Å². The molecule has 1 heterocycles. The maximum absolute atomic E-state index is 5.79. The van der Waals surface area contributed by atoms with Crippen molar-refractivity contribution in [2.45, 2.75) is 103 Å². The Morgan fingerprint density at radius 3 is 1.80 bits per heavy atom. The maximum Gasteiger partial charge on any atom is 0.204 e. The second-order valence-corrected chi connectivity index (χ2v) is 12.0. The van der Waals surface area contributed by atoms with Gasteiger partial charge < -0.3 is 14.0 Å². The normalized spacial score (nSPS) is 11.2. The summed E-state index contributed by atoms with van der Waals surface area (Å²) in [5.74, 6) is 2.07. The van der Waals surface area contributed by atoms with Gasteiger partial charge in [-0.3, -0.25) is 4.98 Å². The number of aromatic nitrogens is 2. The minimum Gasteiger partial charge on any atom is -0.496 e. The Labute approximate surface area is 267 Å². The van der Waals surface area contributed by atoms with E-state index in [1.54, 1.807) is 14.2 Å². The molecule has 0 spiro atoms. The highest BCUT2D eigenvalue weighted by Gasteiger charge is 2.21. The summed E-state index contributed by atoms with van der Waals surface area (Å²) < 4.78 is 14.1. The lowest BCUT2D eigenvalue weighted by molar-refractivity contribution is 0.397. The summed E-state index contributed by atoms with van der Waals surface area (Å²) in [5, 5.41) is 0. The number of rotatable bonds is 21. The highest BCUT2D eigenvalue weighted by atomic mass is 16.5. The fourth-order valence-electron chi connectivity index (χ4n) is 6.48. The van der Waals surface area contributed by atoms with Gasteiger partial charge in [-0.1, -0.05) is 144 Å². The van der Waals surface area contributed by atoms with Gasteiger partial charge in [0.25, 0.3) is 0 Å². The summed E-state index contributed by atoms with van der Waals surface area (Å²) in [4.78, 5) is 4.97. The van der Waals surface area contributed by atoms with Crippen LogP contribution in [0.15, 0.2) is 85.1 Å². The highest BCUT2D eigenvalue weighted by molar-refractivity contribution is 6.51. The van der Waals surface area contributed by atoms with Crippen LogP contribution in [0.25, 0.3) is 11.3 Å². The first kappa shape index (κ1) is 33.4. The first-order valence-corrected chi connectivity index (χ1v) is 17.1. The Morgan fingerprint density at radius 1 is 0.659 bits per heavy atom. The van der Waals surface area contributed by atoms with Crippen molar-refractivity contribution >= 4 is 13.0 Å². The van der Waals surface area contributed by atoms with Crippen LogP contribution in [0.4, 0.5) is 0 Å². The van der Waals surface area contributed by atoms with E-state index in [1.165, 1.54) is 92.3 Å². The number of ether oxygens (including phenoxy) is 2. The van der Waals surface area contributed by atoms with Gasteiger partial charge in [-0.05, 0) is 30.5 Å². The lowest BCUT2D eigenvalue weighted by Gasteiger charge is -2.22. The van der Waals surface area contributed by atoms with E-state index in [4.69, 9.17) is 14.5 Å². The third-order valence-electron chi connectivity index (χ3n) is 8.91. The van der Waals surface area contributed by atoms with Gasteiger partial charge in [0.1, 0.15) is 11.5 Å². The Hall–Kier alpha value is -3.47. The average Bonchev–Trinajstić information content (AvgIpc) is 3.48. The Morgan fingerprint density at radius 2 is 1.20 bits per heavy atom. The molecule has 0 radical (unpaired) electrons. The van der Waals surface area contributed by atoms with Crippen LogP contribution in [0.5, 0.6) is 11.5 Å². The first-order chi connectivity index (χ1) is 21.8. The molecule has 0 N–H and O–H groups in total. The molecule has 4 aromatic rings. The fraction of sp³-hybridized carbons (Fsp3) is 0.462. The predicted molar refractivity (Wildman–Crippen MR) is 188 cm³/mol. The highest BCUT2D eigenvalue weighted by Crippen LogP contribution is 2.39. The van der Waals surface area contributed by atoms with Crippen LogP contribution < -0.4 is 15.2 Å². The van der Waals surface area contributed by atoms with Crippen molar-refractivity contribution < 1.29 is 9.47 Å². The van der Waals surface area contributed by atoms with E-state index in [2.05, 4.69) is 84.4 Å². The lowest BCUT2D eigenvalue weighted by atomic mass is 9.70. The van der Waals surface area contributed by atoms with Gasteiger partial charge in [0.05, 0.1) is 31.8 Å². The Kier molecular flexibility index (Phi) is 14.5. The molecular weight excluding hydrogens is 539 g/mol. The molecule has 4 nitrogen and oxygen atoms in total. The smallest absolute Gasteiger partial charge is 0.204 e. The summed E-state index contributed by atoms with van der Waals surface area (Å²) in [6.07, 6.45) is 18.8. The molecule has 0 aliphatic rings. The Balaban J connectivity index is 1.38. The number of hydrogen-bond donors (Lipinski definition) is 0. The minimum atomic E-state index is 0.202. The molecule has 0 amide bonds. The fourth-order valence-corrected chi connectivity index (χ4v) is 6.48. The summed E-state index contributed by atoms with van der Waals surface area (Å²) in [7, 11) is 4.50. The van der Waals surface area contributed by atoms with Crippen LogP contribution in [0.1, 0.15) is 101 Å². The molecule has 0 saturated heterocycles. The molecule has 3 aromatic carbocycles. The molecular formula is C39H53BN2O2. The molecule has 0 atom stereocenters. The van der Waals surface area contributed by atoms with Crippen LogP contribution in [-0.2, 0) is 6.54 Å². The van der Waals surface area contributed by atoms with Crippen molar-refractivity contribution in [2.24, 2.45) is 0 Å². The summed E-state index contributed by atoms with van der Waals surface area (Å²) in [6.45, 7) is 3.33. The van der Waals surface area contributed by atoms with Gasteiger partial charge in [0.2, 0.25) is 7.28 Å². The van der Waals surface area contributed by atoms with Crippen molar-refractivity contribution in [3.05, 3.63) is 96.2 Å². The molecule has 0 bridgehead atoms. The third kappa shape index (κ3) is 9.77. The second-order valence-electron chi connectivity index (χ2n) is 12.0. The summed E-state index contributed by atoms with van der Waals surface area (Å²) in [6, 6.07) is 27.6. The molecule has 5 heteroatoms. The average molecular weight is 593 g/mol. The molecule has 0 unspecified atom stereocenters. The van der Waals surface area contributed by atoms with Gasteiger partial charge in [0, 0.05) is 23.6 Å². The van der Waals surface area contributed by atoms with E-state index >= 15 is 0 Å². The van der Waals surface area contributed by atoms with E-state index in [1.807, 2.05) is 12.1 Å². The topological polar surface area (TPSA) is 36.3 Å². The van der Waals surface area contributed by atoms with Crippen LogP contribution in [0.2, 0.25) is 6.32 Å². The largest absolute Gasteiger partial charge is 0.496 e. The summed E-state index contributed by atoms with van der Waals surface area (Å²) >= 11 is 0. The third-order valence-corrected chi connectivity index (χ3v) is 8.91. The van der Waals surface area contributed by atoms with Gasteiger partial charge in [0.15, 0.2) is 0 Å². The number of unbranched alkanes of at least 4 members (excludes halogenated alkanes) is 9. The zero-order valence-electron chi connectivity index (χ0n) is 27.5. The first-order valence-electron chi connectivity index (χ1n) is 17.1. The quantitative estimate of drug-likeness (QED) is 0.0714. The molecule has 234 valence electrons. The number of benzene rings is 3. The monoisotopic (exact) mass is 592 g/mol. The van der Waals surface area contributed by atoms with Crippen LogP contribution >= 0.6 is 0 Å². The van der Waals surface area contributed by atoms with Gasteiger partial charge in [-0.25, -0.2) is 0 Å². The van der Waals surface area contributed by atoms with Crippen LogP contribution in [0, 0.1) is 0 Å². The molecule has 0 saturated carbocycles. The molecule has 4 rings (SSSR count). The minimum absolute atomic E-state index is 0.202. The molecule has 0 aliphatic heterocycles. The van der Waals surface area contributed by atoms with Crippen LogP contribution in [-0.4, -0.2) is 31.1 Å². The Bertz CT molecular complexity index is 1310. The van der Waals surface area contributed by atoms with Gasteiger partial charge in [-0.15, -0.1) is 0 Å². The molecule has 44 heavy (non-hydrogen) atoms. The zero-order valence-corrected chi connectivity index (χ0v) is 27.5. The van der Waals surface area contributed by atoms with E-state index in [0.29, 0.717) is 0 Å². The molecule has 1 aromatic heterocycles. The van der Waals surface area contributed by atoms with Gasteiger partial charge >= 0.3 is 0 Å². The lowest BCUT2D eigenvalue weighted by Crippen LogP contribution is -2.27. The molecule has 0 aliphatic carbocycles. The van der Waals surface area contributed by atoms with Crippen molar-refractivity contribution in [1.82, 2.24) is 9.55 Å². The second kappa shape index (κ2) is 19.0. The number of para-hydroxylation sites is 2. The van der Waals surface area contributed by atoms with E-state index in [0.717, 1.165) is 44.5 Å². The zero-order chi connectivity index (χ0) is 30.8. The number of nitrogens with zero attached hydrogens (tertiary/aromatic N) is 2. The van der Waals surface area contributed by atoms with Crippen LogP contribution in [0.3, 0.4) is 0 Å². The predicted octanol–water partition coefficient (Wildman–Crippen LogP) is 9.58. The van der Waals surface area contributed by atoms with E-state index < -0.39 is 0 Å². The van der Waals surface area contributed by atoms with Crippen molar-refractivity contribution in [2.75, 3.05) is 14.2 Å². The van der Waals surface area contributed by atoms with E-state index in [9.17, 15) is 0 Å². The number of methoxy groups -OCH3 is 2. The van der Waals surface area contributed by atoms with Crippen molar-refractivity contribution in [1.29, 1.82) is 0 Å². The van der Waals surface area contributed by atoms with Crippen molar-refractivity contribution in [3.63, 3.8) is 0 Å².